The Balaban J connectivity index is 1.74. The van der Waals surface area contributed by atoms with Crippen molar-refractivity contribution < 1.29 is 13.6 Å². The standard InChI is InChI=1S/C16H20F2N2O/c17-13-7-12(8-14(18)9-13)16(21)20(15-1-2-15)10-11-3-5-19-6-4-11/h7-9,11,15,19H,1-6,10H2. The average molecular weight is 294 g/mol. The molecule has 21 heavy (non-hydrogen) atoms. The van der Waals surface area contributed by atoms with Gasteiger partial charge in [-0.25, -0.2) is 8.78 Å². The van der Waals surface area contributed by atoms with Crippen molar-refractivity contribution in [2.24, 2.45) is 5.92 Å². The summed E-state index contributed by atoms with van der Waals surface area (Å²) in [7, 11) is 0. The molecule has 5 heteroatoms. The molecular formula is C16H20F2N2O. The molecule has 1 aromatic carbocycles. The Hall–Kier alpha value is -1.49. The Bertz CT molecular complexity index is 505. The van der Waals surface area contributed by atoms with Gasteiger partial charge in [-0.2, -0.15) is 0 Å². The fraction of sp³-hybridized carbons (Fsp3) is 0.562. The lowest BCUT2D eigenvalue weighted by molar-refractivity contribution is 0.0700. The predicted octanol–water partition coefficient (Wildman–Crippen LogP) is 2.57. The molecule has 0 bridgehead atoms. The fourth-order valence-corrected chi connectivity index (χ4v) is 2.97. The van der Waals surface area contributed by atoms with Crippen molar-refractivity contribution in [1.82, 2.24) is 10.2 Å². The number of carbonyl (C=O) groups excluding carboxylic acids is 1. The first-order chi connectivity index (χ1) is 10.1. The second-order valence-corrected chi connectivity index (χ2v) is 6.04. The Morgan fingerprint density at radius 2 is 1.71 bits per heavy atom. The highest BCUT2D eigenvalue weighted by atomic mass is 19.1. The first kappa shape index (κ1) is 14.4. The van der Waals surface area contributed by atoms with Crippen molar-refractivity contribution in [1.29, 1.82) is 0 Å². The minimum absolute atomic E-state index is 0.119. The number of nitrogens with one attached hydrogen (secondary N) is 1. The molecule has 0 atom stereocenters. The largest absolute Gasteiger partial charge is 0.335 e. The highest BCUT2D eigenvalue weighted by Crippen LogP contribution is 2.30. The van der Waals surface area contributed by atoms with Crippen LogP contribution >= 0.6 is 0 Å². The minimum atomic E-state index is -0.698. The number of hydrogen-bond acceptors (Lipinski definition) is 2. The molecule has 1 heterocycles. The molecule has 1 saturated carbocycles. The van der Waals surface area contributed by atoms with Crippen LogP contribution in [0.5, 0.6) is 0 Å². The average Bonchev–Trinajstić information content (AvgIpc) is 3.29. The molecule has 0 spiro atoms. The first-order valence-electron chi connectivity index (χ1n) is 7.61. The van der Waals surface area contributed by atoms with E-state index >= 15 is 0 Å². The molecule has 2 fully saturated rings. The minimum Gasteiger partial charge on any atom is -0.335 e. The van der Waals surface area contributed by atoms with Crippen molar-refractivity contribution in [2.75, 3.05) is 19.6 Å². The zero-order valence-electron chi connectivity index (χ0n) is 11.9. The van der Waals surface area contributed by atoms with Crippen molar-refractivity contribution >= 4 is 5.91 Å². The number of hydrogen-bond donors (Lipinski definition) is 1. The van der Waals surface area contributed by atoms with Crippen LogP contribution in [0.1, 0.15) is 36.0 Å². The monoisotopic (exact) mass is 294 g/mol. The van der Waals surface area contributed by atoms with Gasteiger partial charge in [-0.05, 0) is 56.8 Å². The van der Waals surface area contributed by atoms with E-state index in [1.807, 2.05) is 4.90 Å². The zero-order chi connectivity index (χ0) is 14.8. The number of piperidine rings is 1. The van der Waals surface area contributed by atoms with E-state index in [9.17, 15) is 13.6 Å². The van der Waals surface area contributed by atoms with Gasteiger partial charge in [0.05, 0.1) is 0 Å². The molecule has 3 rings (SSSR count). The van der Waals surface area contributed by atoms with E-state index in [0.717, 1.165) is 57.0 Å². The van der Waals surface area contributed by atoms with Gasteiger partial charge in [0.1, 0.15) is 11.6 Å². The smallest absolute Gasteiger partial charge is 0.254 e. The maximum atomic E-state index is 13.3. The molecule has 1 aromatic rings. The second-order valence-electron chi connectivity index (χ2n) is 6.04. The Morgan fingerprint density at radius 1 is 1.10 bits per heavy atom. The van der Waals surface area contributed by atoms with Crippen LogP contribution in [0.2, 0.25) is 0 Å². The molecule has 0 radical (unpaired) electrons. The van der Waals surface area contributed by atoms with E-state index in [0.29, 0.717) is 12.5 Å². The molecule has 1 N–H and O–H groups in total. The van der Waals surface area contributed by atoms with Gasteiger partial charge in [-0.3, -0.25) is 4.79 Å². The summed E-state index contributed by atoms with van der Waals surface area (Å²) >= 11 is 0. The number of halogens is 2. The molecule has 3 nitrogen and oxygen atoms in total. The van der Waals surface area contributed by atoms with Gasteiger partial charge in [-0.15, -0.1) is 0 Å². The van der Waals surface area contributed by atoms with Gasteiger partial charge < -0.3 is 10.2 Å². The molecule has 0 unspecified atom stereocenters. The van der Waals surface area contributed by atoms with Gasteiger partial charge in [0.2, 0.25) is 0 Å². The Morgan fingerprint density at radius 3 is 2.29 bits per heavy atom. The van der Waals surface area contributed by atoms with E-state index in [4.69, 9.17) is 0 Å². The summed E-state index contributed by atoms with van der Waals surface area (Å²) in [6, 6.07) is 3.30. The van der Waals surface area contributed by atoms with Gasteiger partial charge in [0.15, 0.2) is 0 Å². The number of carbonyl (C=O) groups is 1. The first-order valence-corrected chi connectivity index (χ1v) is 7.61. The van der Waals surface area contributed by atoms with E-state index in [1.54, 1.807) is 0 Å². The summed E-state index contributed by atoms with van der Waals surface area (Å²) < 4.78 is 26.6. The second kappa shape index (κ2) is 6.10. The molecule has 2 aliphatic rings. The van der Waals surface area contributed by atoms with Crippen LogP contribution in [0.3, 0.4) is 0 Å². The molecule has 1 saturated heterocycles. The van der Waals surface area contributed by atoms with E-state index < -0.39 is 11.6 Å². The van der Waals surface area contributed by atoms with Gasteiger partial charge in [0, 0.05) is 24.2 Å². The molecule has 1 amide bonds. The Kier molecular flexibility index (Phi) is 4.19. The quantitative estimate of drug-likeness (QED) is 0.925. The van der Waals surface area contributed by atoms with Gasteiger partial charge in [-0.1, -0.05) is 0 Å². The third-order valence-corrected chi connectivity index (χ3v) is 4.27. The topological polar surface area (TPSA) is 32.3 Å². The predicted molar refractivity (Wildman–Crippen MR) is 76.0 cm³/mol. The molecular weight excluding hydrogens is 274 g/mol. The van der Waals surface area contributed by atoms with Crippen LogP contribution < -0.4 is 5.32 Å². The van der Waals surface area contributed by atoms with Crippen molar-refractivity contribution in [3.05, 3.63) is 35.4 Å². The zero-order valence-corrected chi connectivity index (χ0v) is 11.9. The summed E-state index contributed by atoms with van der Waals surface area (Å²) in [6.45, 7) is 2.65. The number of amides is 1. The lowest BCUT2D eigenvalue weighted by Crippen LogP contribution is -2.40. The lowest BCUT2D eigenvalue weighted by atomic mass is 9.97. The van der Waals surface area contributed by atoms with Crippen LogP contribution in [0, 0.1) is 17.6 Å². The summed E-state index contributed by atoms with van der Waals surface area (Å²) in [6.07, 6.45) is 4.09. The van der Waals surface area contributed by atoms with Crippen molar-refractivity contribution in [3.63, 3.8) is 0 Å². The van der Waals surface area contributed by atoms with E-state index in [1.165, 1.54) is 0 Å². The molecule has 1 aliphatic carbocycles. The van der Waals surface area contributed by atoms with Crippen LogP contribution in [-0.4, -0.2) is 36.5 Å². The highest BCUT2D eigenvalue weighted by molar-refractivity contribution is 5.94. The number of benzene rings is 1. The van der Waals surface area contributed by atoms with Gasteiger partial charge >= 0.3 is 0 Å². The maximum absolute atomic E-state index is 13.3. The summed E-state index contributed by atoms with van der Waals surface area (Å²) in [4.78, 5) is 14.4. The number of rotatable bonds is 4. The van der Waals surface area contributed by atoms with E-state index in [2.05, 4.69) is 5.32 Å². The summed E-state index contributed by atoms with van der Waals surface area (Å²) in [5, 5.41) is 3.31. The third kappa shape index (κ3) is 3.59. The SMILES string of the molecule is O=C(c1cc(F)cc(F)c1)N(CC1CCNCC1)C1CC1. The number of nitrogens with zero attached hydrogens (tertiary/aromatic N) is 1. The highest BCUT2D eigenvalue weighted by Gasteiger charge is 2.34. The van der Waals surface area contributed by atoms with E-state index in [-0.39, 0.29) is 17.5 Å². The van der Waals surface area contributed by atoms with Crippen LogP contribution in [0.15, 0.2) is 18.2 Å². The molecule has 0 aromatic heterocycles. The lowest BCUT2D eigenvalue weighted by Gasteiger charge is -2.30. The fourth-order valence-electron chi connectivity index (χ4n) is 2.97. The molecule has 114 valence electrons. The van der Waals surface area contributed by atoms with Crippen molar-refractivity contribution in [3.8, 4) is 0 Å². The summed E-state index contributed by atoms with van der Waals surface area (Å²) in [5.74, 6) is -1.16. The van der Waals surface area contributed by atoms with Crippen LogP contribution in [-0.2, 0) is 0 Å². The Labute approximate surface area is 123 Å². The van der Waals surface area contributed by atoms with Crippen LogP contribution in [0.25, 0.3) is 0 Å². The third-order valence-electron chi connectivity index (χ3n) is 4.27. The van der Waals surface area contributed by atoms with Crippen molar-refractivity contribution in [2.45, 2.75) is 31.7 Å². The van der Waals surface area contributed by atoms with Gasteiger partial charge in [0.25, 0.3) is 5.91 Å². The summed E-state index contributed by atoms with van der Waals surface area (Å²) in [5.41, 5.74) is 0.119. The van der Waals surface area contributed by atoms with Crippen LogP contribution in [0.4, 0.5) is 8.78 Å². The molecule has 1 aliphatic heterocycles. The maximum Gasteiger partial charge on any atom is 0.254 e. The normalized spacial score (nSPS) is 19.5.